The summed E-state index contributed by atoms with van der Waals surface area (Å²) in [7, 11) is -3.29. The average molecular weight is 711 g/mol. The Bertz CT molecular complexity index is 3300. The van der Waals surface area contributed by atoms with E-state index >= 15 is 4.57 Å². The molecule has 1 atom stereocenters. The molecule has 0 bridgehead atoms. The number of hydrogen-bond acceptors (Lipinski definition) is 3. The number of rotatable bonds is 5. The molecule has 0 saturated heterocycles. The van der Waals surface area contributed by atoms with E-state index in [9.17, 15) is 0 Å². The summed E-state index contributed by atoms with van der Waals surface area (Å²) in [4.78, 5) is 0. The molecule has 0 aliphatic heterocycles. The second-order valence-electron chi connectivity index (χ2n) is 14.1. The maximum absolute atomic E-state index is 15.8. The zero-order chi connectivity index (χ0) is 35.8. The van der Waals surface area contributed by atoms with Crippen LogP contribution in [-0.2, 0) is 4.57 Å². The quantitative estimate of drug-likeness (QED) is 0.132. The van der Waals surface area contributed by atoms with Crippen molar-refractivity contribution in [3.05, 3.63) is 188 Å². The largest absolute Gasteiger partial charge is 0.456 e. The van der Waals surface area contributed by atoms with E-state index in [1.165, 1.54) is 10.9 Å². The molecule has 3 nitrogen and oxygen atoms in total. The van der Waals surface area contributed by atoms with Crippen LogP contribution in [0.3, 0.4) is 0 Å². The molecule has 11 rings (SSSR count). The first-order valence-corrected chi connectivity index (χ1v) is 19.9. The number of hydrogen-bond donors (Lipinski definition) is 0. The van der Waals surface area contributed by atoms with Crippen molar-refractivity contribution in [3.63, 3.8) is 0 Å². The fraction of sp³-hybridized carbons (Fsp3) is 0. The van der Waals surface area contributed by atoms with Crippen LogP contribution in [-0.4, -0.2) is 0 Å². The molecule has 0 fully saturated rings. The molecule has 2 heterocycles. The van der Waals surface area contributed by atoms with Crippen molar-refractivity contribution in [2.45, 2.75) is 0 Å². The second-order valence-corrected chi connectivity index (χ2v) is 16.8. The number of benzene rings is 9. The van der Waals surface area contributed by atoms with Crippen LogP contribution in [0, 0.1) is 0 Å². The van der Waals surface area contributed by atoms with E-state index in [4.69, 9.17) is 8.83 Å². The highest BCUT2D eigenvalue weighted by Gasteiger charge is 2.31. The minimum Gasteiger partial charge on any atom is -0.456 e. The molecule has 0 spiro atoms. The third kappa shape index (κ3) is 4.86. The van der Waals surface area contributed by atoms with E-state index in [0.29, 0.717) is 0 Å². The predicted octanol–water partition coefficient (Wildman–Crippen LogP) is 12.8. The average Bonchev–Trinajstić information content (AvgIpc) is 3.79. The summed E-state index contributed by atoms with van der Waals surface area (Å²) in [5.74, 6) is 0. The summed E-state index contributed by atoms with van der Waals surface area (Å²) in [5.41, 5.74) is 7.77. The first kappa shape index (κ1) is 30.9. The number of fused-ring (bicyclic) bond motifs is 8. The van der Waals surface area contributed by atoms with Gasteiger partial charge in [-0.15, -0.1) is 0 Å². The lowest BCUT2D eigenvalue weighted by Gasteiger charge is -2.21. The predicted molar refractivity (Wildman–Crippen MR) is 226 cm³/mol. The van der Waals surface area contributed by atoms with E-state index in [1.807, 2.05) is 60.7 Å². The lowest BCUT2D eigenvalue weighted by molar-refractivity contribution is 0.592. The Morgan fingerprint density at radius 1 is 0.296 bits per heavy atom. The molecule has 4 heteroatoms. The van der Waals surface area contributed by atoms with Crippen LogP contribution in [0.5, 0.6) is 0 Å². The van der Waals surface area contributed by atoms with Crippen LogP contribution >= 0.6 is 7.14 Å². The molecule has 11 aromatic rings. The summed E-state index contributed by atoms with van der Waals surface area (Å²) >= 11 is 0. The highest BCUT2D eigenvalue weighted by atomic mass is 31.2. The van der Waals surface area contributed by atoms with Gasteiger partial charge < -0.3 is 13.4 Å². The molecule has 0 radical (unpaired) electrons. The third-order valence-electron chi connectivity index (χ3n) is 10.9. The second kappa shape index (κ2) is 11.9. The van der Waals surface area contributed by atoms with Crippen molar-refractivity contribution >= 4 is 88.5 Å². The zero-order valence-corrected chi connectivity index (χ0v) is 30.0. The molecule has 9 aromatic carbocycles. The first-order valence-electron chi connectivity index (χ1n) is 18.2. The van der Waals surface area contributed by atoms with Crippen molar-refractivity contribution in [3.8, 4) is 22.3 Å². The van der Waals surface area contributed by atoms with E-state index < -0.39 is 7.14 Å². The van der Waals surface area contributed by atoms with Crippen molar-refractivity contribution in [2.24, 2.45) is 0 Å². The fourth-order valence-corrected chi connectivity index (χ4v) is 10.8. The molecule has 0 saturated carbocycles. The van der Waals surface area contributed by atoms with Gasteiger partial charge in [0.15, 0.2) is 7.14 Å². The molecule has 54 heavy (non-hydrogen) atoms. The topological polar surface area (TPSA) is 43.4 Å². The maximum Gasteiger partial charge on any atom is 0.171 e. The monoisotopic (exact) mass is 710 g/mol. The van der Waals surface area contributed by atoms with E-state index in [-0.39, 0.29) is 0 Å². The van der Waals surface area contributed by atoms with Crippen molar-refractivity contribution in [2.75, 3.05) is 0 Å². The normalized spacial score (nSPS) is 13.0. The van der Waals surface area contributed by atoms with Gasteiger partial charge in [-0.2, -0.15) is 0 Å². The Morgan fingerprint density at radius 3 is 1.31 bits per heavy atom. The minimum absolute atomic E-state index is 0.764. The summed E-state index contributed by atoms with van der Waals surface area (Å²) < 4.78 is 28.5. The summed E-state index contributed by atoms with van der Waals surface area (Å²) in [6, 6.07) is 64.5. The van der Waals surface area contributed by atoms with Gasteiger partial charge in [0.2, 0.25) is 0 Å². The van der Waals surface area contributed by atoms with Crippen molar-refractivity contribution in [1.29, 1.82) is 0 Å². The Labute approximate surface area is 311 Å². The lowest BCUT2D eigenvalue weighted by atomic mass is 9.99. The standard InChI is InChI=1S/C50H31O3P/c51-54(40-13-5-2-6-14-40,41-19-15-35-25-33-11-7-8-12-34(33)26-39(35)27-41)42-20-24-50-46(31-42)45-30-38(18-23-49(45)53-50)37-17-22-48-44(29-37)43-28-36(16-21-47(43)52-48)32-9-3-1-4-10-32/h1-31H. The summed E-state index contributed by atoms with van der Waals surface area (Å²) in [6.45, 7) is 0. The highest BCUT2D eigenvalue weighted by molar-refractivity contribution is 7.85. The van der Waals surface area contributed by atoms with Gasteiger partial charge in [0, 0.05) is 37.5 Å². The van der Waals surface area contributed by atoms with Gasteiger partial charge >= 0.3 is 0 Å². The van der Waals surface area contributed by atoms with Gasteiger partial charge in [-0.25, -0.2) is 0 Å². The van der Waals surface area contributed by atoms with Crippen LogP contribution in [0.25, 0.3) is 87.7 Å². The van der Waals surface area contributed by atoms with Crippen LogP contribution in [0.4, 0.5) is 0 Å². The molecule has 0 N–H and O–H groups in total. The Hall–Kier alpha value is -6.67. The molecule has 1 unspecified atom stereocenters. The maximum atomic E-state index is 15.8. The van der Waals surface area contributed by atoms with Gasteiger partial charge in [0.1, 0.15) is 22.3 Å². The SMILES string of the molecule is O=P(c1ccccc1)(c1ccc2cc3ccccc3cc2c1)c1ccc2oc3ccc(-c4ccc5oc6ccc(-c7ccccc7)cc6c5c4)cc3c2c1. The van der Waals surface area contributed by atoms with Crippen LogP contribution in [0.15, 0.2) is 197 Å². The van der Waals surface area contributed by atoms with Crippen LogP contribution < -0.4 is 15.9 Å². The van der Waals surface area contributed by atoms with Gasteiger partial charge in [-0.05, 0) is 117 Å². The van der Waals surface area contributed by atoms with Gasteiger partial charge in [0.25, 0.3) is 0 Å². The molecule has 0 aliphatic carbocycles. The Balaban J connectivity index is 1.05. The van der Waals surface area contributed by atoms with E-state index in [0.717, 1.165) is 92.6 Å². The summed E-state index contributed by atoms with van der Waals surface area (Å²) in [6.07, 6.45) is 0. The lowest BCUT2D eigenvalue weighted by Crippen LogP contribution is -2.25. The number of furan rings is 2. The molecule has 0 aliphatic rings. The Morgan fingerprint density at radius 2 is 0.722 bits per heavy atom. The molecule has 0 amide bonds. The van der Waals surface area contributed by atoms with Crippen molar-refractivity contribution in [1.82, 2.24) is 0 Å². The molecular formula is C50H31O3P. The fourth-order valence-electron chi connectivity index (χ4n) is 8.12. The van der Waals surface area contributed by atoms with Crippen LogP contribution in [0.2, 0.25) is 0 Å². The van der Waals surface area contributed by atoms with E-state index in [1.54, 1.807) is 0 Å². The van der Waals surface area contributed by atoms with Crippen molar-refractivity contribution < 1.29 is 13.4 Å². The Kier molecular flexibility index (Phi) is 6.83. The summed E-state index contributed by atoms with van der Waals surface area (Å²) in [5, 5.41) is 11.0. The first-order chi connectivity index (χ1) is 26.6. The smallest absolute Gasteiger partial charge is 0.171 e. The molecule has 2 aromatic heterocycles. The van der Waals surface area contributed by atoms with Gasteiger partial charge in [-0.1, -0.05) is 115 Å². The highest BCUT2D eigenvalue weighted by Crippen LogP contribution is 2.45. The zero-order valence-electron chi connectivity index (χ0n) is 29.1. The molecular weight excluding hydrogens is 680 g/mol. The molecule has 254 valence electrons. The van der Waals surface area contributed by atoms with Crippen LogP contribution in [0.1, 0.15) is 0 Å². The minimum atomic E-state index is -3.29. The van der Waals surface area contributed by atoms with Gasteiger partial charge in [0.05, 0.1) is 0 Å². The van der Waals surface area contributed by atoms with E-state index in [2.05, 4.69) is 127 Å². The third-order valence-corrected chi connectivity index (χ3v) is 13.9. The van der Waals surface area contributed by atoms with Gasteiger partial charge in [-0.3, -0.25) is 0 Å².